The molecule has 0 bridgehead atoms. The number of hydrogen-bond donors (Lipinski definition) is 2. The number of fused-ring (bicyclic) bond motifs is 1. The molecule has 5 rings (SSSR count). The molecule has 0 spiro atoms. The van der Waals surface area contributed by atoms with E-state index in [2.05, 4.69) is 71.7 Å². The summed E-state index contributed by atoms with van der Waals surface area (Å²) in [4.78, 5) is 3.61. The van der Waals surface area contributed by atoms with E-state index in [4.69, 9.17) is 0 Å². The molecule has 31 heavy (non-hydrogen) atoms. The van der Waals surface area contributed by atoms with E-state index < -0.39 is 0 Å². The average molecular weight is 402 g/mol. The van der Waals surface area contributed by atoms with Crippen LogP contribution in [-0.4, -0.2) is 10.1 Å². The van der Waals surface area contributed by atoms with Crippen molar-refractivity contribution in [3.63, 3.8) is 0 Å². The van der Waals surface area contributed by atoms with Crippen LogP contribution in [0.3, 0.4) is 0 Å². The van der Waals surface area contributed by atoms with Gasteiger partial charge in [-0.1, -0.05) is 103 Å². The molecule has 0 radical (unpaired) electrons. The van der Waals surface area contributed by atoms with E-state index in [1.807, 2.05) is 48.5 Å². The molecule has 1 heterocycles. The van der Waals surface area contributed by atoms with Crippen LogP contribution < -0.4 is 0 Å². The summed E-state index contributed by atoms with van der Waals surface area (Å²) in [5.41, 5.74) is 6.47. The van der Waals surface area contributed by atoms with Gasteiger partial charge in [0.15, 0.2) is 0 Å². The minimum absolute atomic E-state index is 0.103. The standard InChI is InChI=1S/C29H23NO/c31-27-18-10-8-16-24(27)28(22-13-5-2-6-14-22)29-23-15-7-9-17-25(23)30-26(29)20-19-21-11-3-1-4-12-21/h1-20,28,30-31H/b20-19+. The molecule has 0 aliphatic rings. The Morgan fingerprint density at radius 2 is 1.29 bits per heavy atom. The van der Waals surface area contributed by atoms with Crippen molar-refractivity contribution in [1.29, 1.82) is 0 Å². The van der Waals surface area contributed by atoms with Gasteiger partial charge in [0.25, 0.3) is 0 Å². The Hall–Kier alpha value is -4.04. The molecule has 2 nitrogen and oxygen atoms in total. The topological polar surface area (TPSA) is 36.0 Å². The van der Waals surface area contributed by atoms with Gasteiger partial charge in [0.05, 0.1) is 0 Å². The van der Waals surface area contributed by atoms with Gasteiger partial charge in [-0.2, -0.15) is 0 Å². The number of para-hydroxylation sites is 2. The predicted octanol–water partition coefficient (Wildman–Crippen LogP) is 7.22. The Morgan fingerprint density at radius 1 is 0.645 bits per heavy atom. The molecule has 0 aliphatic heterocycles. The van der Waals surface area contributed by atoms with Crippen molar-refractivity contribution >= 4 is 23.1 Å². The van der Waals surface area contributed by atoms with Crippen molar-refractivity contribution in [1.82, 2.24) is 4.98 Å². The fourth-order valence-electron chi connectivity index (χ4n) is 4.25. The lowest BCUT2D eigenvalue weighted by Crippen LogP contribution is -2.05. The summed E-state index contributed by atoms with van der Waals surface area (Å²) in [5, 5.41) is 11.9. The first-order chi connectivity index (χ1) is 15.3. The molecule has 5 aromatic rings. The minimum atomic E-state index is -0.103. The van der Waals surface area contributed by atoms with Crippen LogP contribution in [0.15, 0.2) is 109 Å². The highest BCUT2D eigenvalue weighted by Crippen LogP contribution is 2.42. The molecule has 0 saturated heterocycles. The highest BCUT2D eigenvalue weighted by molar-refractivity contribution is 5.90. The molecular weight excluding hydrogens is 378 g/mol. The maximum atomic E-state index is 10.8. The van der Waals surface area contributed by atoms with Crippen molar-refractivity contribution in [2.24, 2.45) is 0 Å². The highest BCUT2D eigenvalue weighted by atomic mass is 16.3. The number of aromatic hydroxyl groups is 1. The lowest BCUT2D eigenvalue weighted by atomic mass is 9.83. The molecule has 2 heteroatoms. The Morgan fingerprint density at radius 3 is 2.06 bits per heavy atom. The van der Waals surface area contributed by atoms with E-state index in [0.29, 0.717) is 5.75 Å². The second kappa shape index (κ2) is 8.37. The maximum absolute atomic E-state index is 10.8. The Balaban J connectivity index is 1.76. The smallest absolute Gasteiger partial charge is 0.119 e. The van der Waals surface area contributed by atoms with Gasteiger partial charge in [-0.3, -0.25) is 0 Å². The summed E-state index contributed by atoms with van der Waals surface area (Å²) < 4.78 is 0. The summed E-state index contributed by atoms with van der Waals surface area (Å²) >= 11 is 0. The summed E-state index contributed by atoms with van der Waals surface area (Å²) in [6.07, 6.45) is 4.27. The van der Waals surface area contributed by atoms with Crippen LogP contribution in [0.4, 0.5) is 0 Å². The largest absolute Gasteiger partial charge is 0.508 e. The van der Waals surface area contributed by atoms with Crippen LogP contribution in [0.5, 0.6) is 5.75 Å². The number of phenols is 1. The van der Waals surface area contributed by atoms with Crippen molar-refractivity contribution in [3.05, 3.63) is 137 Å². The number of aromatic nitrogens is 1. The molecule has 4 aromatic carbocycles. The zero-order valence-electron chi connectivity index (χ0n) is 17.1. The second-order valence-electron chi connectivity index (χ2n) is 7.64. The van der Waals surface area contributed by atoms with Gasteiger partial charge >= 0.3 is 0 Å². The normalized spacial score (nSPS) is 12.4. The van der Waals surface area contributed by atoms with Gasteiger partial charge < -0.3 is 10.1 Å². The summed E-state index contributed by atoms with van der Waals surface area (Å²) in [6.45, 7) is 0. The number of benzene rings is 4. The Bertz CT molecular complexity index is 1330. The molecule has 1 atom stereocenters. The van der Waals surface area contributed by atoms with Gasteiger partial charge in [0.2, 0.25) is 0 Å². The van der Waals surface area contributed by atoms with Gasteiger partial charge in [-0.25, -0.2) is 0 Å². The molecule has 2 N–H and O–H groups in total. The van der Waals surface area contributed by atoms with Crippen LogP contribution in [0.2, 0.25) is 0 Å². The van der Waals surface area contributed by atoms with Crippen LogP contribution >= 0.6 is 0 Å². The van der Waals surface area contributed by atoms with Crippen LogP contribution in [0.1, 0.15) is 33.9 Å². The molecule has 0 saturated carbocycles. The predicted molar refractivity (Wildman–Crippen MR) is 129 cm³/mol. The van der Waals surface area contributed by atoms with Crippen molar-refractivity contribution in [3.8, 4) is 5.75 Å². The number of aromatic amines is 1. The van der Waals surface area contributed by atoms with E-state index in [0.717, 1.165) is 38.9 Å². The first-order valence-electron chi connectivity index (χ1n) is 10.5. The third-order valence-electron chi connectivity index (χ3n) is 5.69. The summed E-state index contributed by atoms with van der Waals surface area (Å²) in [5.74, 6) is 0.202. The SMILES string of the molecule is Oc1ccccc1C(c1ccccc1)c1c(/C=C/c2ccccc2)[nH]c2ccccc12. The zero-order valence-corrected chi connectivity index (χ0v) is 17.1. The van der Waals surface area contributed by atoms with E-state index >= 15 is 0 Å². The van der Waals surface area contributed by atoms with Gasteiger partial charge in [-0.05, 0) is 34.9 Å². The molecule has 150 valence electrons. The fraction of sp³-hybridized carbons (Fsp3) is 0.0345. The van der Waals surface area contributed by atoms with E-state index in [-0.39, 0.29) is 5.92 Å². The number of H-pyrrole nitrogens is 1. The monoisotopic (exact) mass is 401 g/mol. The van der Waals surface area contributed by atoms with E-state index in [1.165, 1.54) is 0 Å². The minimum Gasteiger partial charge on any atom is -0.508 e. The fourth-order valence-corrected chi connectivity index (χ4v) is 4.25. The highest BCUT2D eigenvalue weighted by Gasteiger charge is 2.25. The molecule has 1 aromatic heterocycles. The van der Waals surface area contributed by atoms with Gasteiger partial charge in [0, 0.05) is 28.1 Å². The van der Waals surface area contributed by atoms with Crippen molar-refractivity contribution in [2.45, 2.75) is 5.92 Å². The summed E-state index contributed by atoms with van der Waals surface area (Å²) in [7, 11) is 0. The van der Waals surface area contributed by atoms with Crippen molar-refractivity contribution < 1.29 is 5.11 Å². The third kappa shape index (κ3) is 3.76. The van der Waals surface area contributed by atoms with E-state index in [1.54, 1.807) is 6.07 Å². The van der Waals surface area contributed by atoms with Crippen molar-refractivity contribution in [2.75, 3.05) is 0 Å². The first-order valence-corrected chi connectivity index (χ1v) is 10.5. The second-order valence-corrected chi connectivity index (χ2v) is 7.64. The molecular formula is C29H23NO. The Labute approximate surface area is 182 Å². The number of rotatable bonds is 5. The molecule has 0 fully saturated rings. The zero-order chi connectivity index (χ0) is 21.0. The third-order valence-corrected chi connectivity index (χ3v) is 5.69. The summed E-state index contributed by atoms with van der Waals surface area (Å²) in [6, 6.07) is 36.7. The molecule has 1 unspecified atom stereocenters. The number of phenolic OH excluding ortho intramolecular Hbond substituents is 1. The van der Waals surface area contributed by atoms with Crippen LogP contribution in [-0.2, 0) is 0 Å². The van der Waals surface area contributed by atoms with Crippen LogP contribution in [0.25, 0.3) is 23.1 Å². The quantitative estimate of drug-likeness (QED) is 0.320. The number of hydrogen-bond acceptors (Lipinski definition) is 1. The average Bonchev–Trinajstić information content (AvgIpc) is 3.19. The molecule has 0 amide bonds. The van der Waals surface area contributed by atoms with Crippen LogP contribution in [0, 0.1) is 0 Å². The van der Waals surface area contributed by atoms with Gasteiger partial charge in [0.1, 0.15) is 5.75 Å². The number of nitrogens with one attached hydrogen (secondary N) is 1. The Kier molecular flexibility index (Phi) is 5.12. The maximum Gasteiger partial charge on any atom is 0.119 e. The van der Waals surface area contributed by atoms with Gasteiger partial charge in [-0.15, -0.1) is 0 Å². The molecule has 0 aliphatic carbocycles. The van der Waals surface area contributed by atoms with E-state index in [9.17, 15) is 5.11 Å². The first kappa shape index (κ1) is 19.0. The lowest BCUT2D eigenvalue weighted by molar-refractivity contribution is 0.467. The lowest BCUT2D eigenvalue weighted by Gasteiger charge is -2.20.